The largest absolute Gasteiger partial charge is 0.393 e. The van der Waals surface area contributed by atoms with Crippen molar-refractivity contribution in [1.82, 2.24) is 5.32 Å². The van der Waals surface area contributed by atoms with Crippen LogP contribution < -0.4 is 5.32 Å². The maximum Gasteiger partial charge on any atom is 0.0540 e. The Morgan fingerprint density at radius 2 is 1.76 bits per heavy atom. The number of rotatable bonds is 5. The first kappa shape index (κ1) is 12.6. The van der Waals surface area contributed by atoms with Crippen LogP contribution in [0.1, 0.15) is 37.7 Å². The Kier molecular flexibility index (Phi) is 5.02. The molecule has 0 aliphatic heterocycles. The van der Waals surface area contributed by atoms with Gasteiger partial charge in [-0.3, -0.25) is 0 Å². The van der Waals surface area contributed by atoms with E-state index in [2.05, 4.69) is 35.6 Å². The minimum atomic E-state index is -0.0245. The number of hydrogen-bond acceptors (Lipinski definition) is 2. The average Bonchev–Trinajstić information content (AvgIpc) is 2.38. The maximum absolute atomic E-state index is 9.43. The molecule has 1 aromatic carbocycles. The van der Waals surface area contributed by atoms with Crippen molar-refractivity contribution in [1.29, 1.82) is 0 Å². The predicted molar refractivity (Wildman–Crippen MR) is 70.7 cm³/mol. The lowest BCUT2D eigenvalue weighted by molar-refractivity contribution is 0.106. The highest BCUT2D eigenvalue weighted by atomic mass is 16.3. The molecule has 1 aromatic rings. The summed E-state index contributed by atoms with van der Waals surface area (Å²) in [6.07, 6.45) is 5.64. The molecule has 17 heavy (non-hydrogen) atoms. The van der Waals surface area contributed by atoms with E-state index in [1.54, 1.807) is 0 Å². The van der Waals surface area contributed by atoms with Gasteiger partial charge in [0.05, 0.1) is 6.10 Å². The van der Waals surface area contributed by atoms with Gasteiger partial charge in [-0.15, -0.1) is 0 Å². The molecule has 2 heteroatoms. The molecule has 0 atom stereocenters. The Bertz CT molecular complexity index is 304. The molecule has 1 fully saturated rings. The predicted octanol–water partition coefficient (Wildman–Crippen LogP) is 2.72. The molecule has 2 N–H and O–H groups in total. The Hall–Kier alpha value is -0.860. The number of hydrogen-bond donors (Lipinski definition) is 2. The topological polar surface area (TPSA) is 32.3 Å². The third kappa shape index (κ3) is 4.49. The van der Waals surface area contributed by atoms with Crippen molar-refractivity contribution in [2.45, 2.75) is 44.8 Å². The molecule has 1 saturated carbocycles. The third-order valence-electron chi connectivity index (χ3n) is 3.72. The Morgan fingerprint density at radius 1 is 1.06 bits per heavy atom. The molecule has 0 unspecified atom stereocenters. The Labute approximate surface area is 104 Å². The average molecular weight is 233 g/mol. The van der Waals surface area contributed by atoms with Crippen molar-refractivity contribution in [2.75, 3.05) is 6.54 Å². The first-order valence-corrected chi connectivity index (χ1v) is 6.77. The lowest BCUT2D eigenvalue weighted by atomic mass is 9.85. The van der Waals surface area contributed by atoms with E-state index in [4.69, 9.17) is 0 Å². The van der Waals surface area contributed by atoms with E-state index < -0.39 is 0 Å². The van der Waals surface area contributed by atoms with Gasteiger partial charge in [0.15, 0.2) is 0 Å². The highest BCUT2D eigenvalue weighted by molar-refractivity contribution is 5.14. The summed E-state index contributed by atoms with van der Waals surface area (Å²) in [6, 6.07) is 10.5. The van der Waals surface area contributed by atoms with Crippen LogP contribution in [0.3, 0.4) is 0 Å². The van der Waals surface area contributed by atoms with Crippen molar-refractivity contribution < 1.29 is 5.11 Å². The van der Waals surface area contributed by atoms with E-state index in [-0.39, 0.29) is 6.10 Å². The van der Waals surface area contributed by atoms with Crippen LogP contribution in [0.15, 0.2) is 30.3 Å². The van der Waals surface area contributed by atoms with Crippen LogP contribution in [0.2, 0.25) is 0 Å². The fourth-order valence-corrected chi connectivity index (χ4v) is 2.57. The molecule has 0 radical (unpaired) electrons. The molecule has 1 aliphatic rings. The van der Waals surface area contributed by atoms with Crippen LogP contribution in [-0.4, -0.2) is 17.8 Å². The lowest BCUT2D eigenvalue weighted by Gasteiger charge is -2.25. The zero-order valence-electron chi connectivity index (χ0n) is 10.4. The second-order valence-electron chi connectivity index (χ2n) is 5.13. The highest BCUT2D eigenvalue weighted by Crippen LogP contribution is 2.26. The fraction of sp³-hybridized carbons (Fsp3) is 0.600. The van der Waals surface area contributed by atoms with Gasteiger partial charge in [-0.2, -0.15) is 0 Å². The van der Waals surface area contributed by atoms with Gasteiger partial charge in [0.1, 0.15) is 0 Å². The van der Waals surface area contributed by atoms with Gasteiger partial charge in [-0.25, -0.2) is 0 Å². The first-order valence-electron chi connectivity index (χ1n) is 6.77. The molecule has 0 saturated heterocycles. The van der Waals surface area contributed by atoms with E-state index in [9.17, 15) is 5.11 Å². The van der Waals surface area contributed by atoms with E-state index in [0.717, 1.165) is 31.8 Å². The summed E-state index contributed by atoms with van der Waals surface area (Å²) >= 11 is 0. The monoisotopic (exact) mass is 233 g/mol. The molecule has 0 bridgehead atoms. The van der Waals surface area contributed by atoms with Crippen LogP contribution in [0.4, 0.5) is 0 Å². The van der Waals surface area contributed by atoms with E-state index >= 15 is 0 Å². The smallest absolute Gasteiger partial charge is 0.0540 e. The Balaban J connectivity index is 1.57. The minimum absolute atomic E-state index is 0.0245. The molecule has 0 heterocycles. The van der Waals surface area contributed by atoms with Crippen LogP contribution in [-0.2, 0) is 6.54 Å². The molecule has 0 amide bonds. The van der Waals surface area contributed by atoms with Crippen LogP contribution in [0, 0.1) is 5.92 Å². The van der Waals surface area contributed by atoms with Gasteiger partial charge >= 0.3 is 0 Å². The zero-order valence-corrected chi connectivity index (χ0v) is 10.4. The molecular weight excluding hydrogens is 210 g/mol. The number of aliphatic hydroxyl groups excluding tert-OH is 1. The van der Waals surface area contributed by atoms with Crippen molar-refractivity contribution in [3.63, 3.8) is 0 Å². The van der Waals surface area contributed by atoms with Crippen molar-refractivity contribution in [3.8, 4) is 0 Å². The van der Waals surface area contributed by atoms with Gasteiger partial charge in [-0.1, -0.05) is 30.3 Å². The normalized spacial score (nSPS) is 24.8. The highest BCUT2D eigenvalue weighted by Gasteiger charge is 2.18. The van der Waals surface area contributed by atoms with Crippen molar-refractivity contribution in [2.24, 2.45) is 5.92 Å². The van der Waals surface area contributed by atoms with Gasteiger partial charge in [0.2, 0.25) is 0 Å². The molecular formula is C15H23NO. The summed E-state index contributed by atoms with van der Waals surface area (Å²) in [5.41, 5.74) is 1.35. The molecule has 0 spiro atoms. The molecule has 2 nitrogen and oxygen atoms in total. The number of aliphatic hydroxyl groups is 1. The molecule has 1 aliphatic carbocycles. The second kappa shape index (κ2) is 6.77. The number of nitrogens with one attached hydrogen (secondary N) is 1. The van der Waals surface area contributed by atoms with Crippen LogP contribution in [0.25, 0.3) is 0 Å². The summed E-state index contributed by atoms with van der Waals surface area (Å²) in [4.78, 5) is 0. The van der Waals surface area contributed by atoms with E-state index in [1.165, 1.54) is 24.8 Å². The van der Waals surface area contributed by atoms with Crippen LogP contribution >= 0.6 is 0 Å². The summed E-state index contributed by atoms with van der Waals surface area (Å²) < 4.78 is 0. The quantitative estimate of drug-likeness (QED) is 0.766. The second-order valence-corrected chi connectivity index (χ2v) is 5.13. The first-order chi connectivity index (χ1) is 8.34. The van der Waals surface area contributed by atoms with Gasteiger partial charge in [0.25, 0.3) is 0 Å². The third-order valence-corrected chi connectivity index (χ3v) is 3.72. The van der Waals surface area contributed by atoms with E-state index in [0.29, 0.717) is 0 Å². The number of benzene rings is 1. The zero-order chi connectivity index (χ0) is 11.9. The standard InChI is InChI=1S/C15H23NO/c17-15-8-6-13(7-9-15)10-11-16-12-14-4-2-1-3-5-14/h1-5,13,15-17H,6-12H2. The summed E-state index contributed by atoms with van der Waals surface area (Å²) in [5, 5.41) is 12.9. The molecule has 0 aromatic heterocycles. The summed E-state index contributed by atoms with van der Waals surface area (Å²) in [6.45, 7) is 2.06. The maximum atomic E-state index is 9.43. The van der Waals surface area contributed by atoms with E-state index in [1.807, 2.05) is 0 Å². The van der Waals surface area contributed by atoms with Gasteiger partial charge in [-0.05, 0) is 50.1 Å². The fourth-order valence-electron chi connectivity index (χ4n) is 2.57. The van der Waals surface area contributed by atoms with Crippen molar-refractivity contribution in [3.05, 3.63) is 35.9 Å². The Morgan fingerprint density at radius 3 is 2.47 bits per heavy atom. The minimum Gasteiger partial charge on any atom is -0.393 e. The van der Waals surface area contributed by atoms with Crippen LogP contribution in [0.5, 0.6) is 0 Å². The van der Waals surface area contributed by atoms with Gasteiger partial charge < -0.3 is 10.4 Å². The van der Waals surface area contributed by atoms with Crippen molar-refractivity contribution >= 4 is 0 Å². The van der Waals surface area contributed by atoms with Gasteiger partial charge in [0, 0.05) is 6.54 Å². The summed E-state index contributed by atoms with van der Waals surface area (Å²) in [5.74, 6) is 0.821. The lowest BCUT2D eigenvalue weighted by Crippen LogP contribution is -2.22. The molecule has 94 valence electrons. The SMILES string of the molecule is OC1CCC(CCNCc2ccccc2)CC1. The molecule has 2 rings (SSSR count). The summed E-state index contributed by atoms with van der Waals surface area (Å²) in [7, 11) is 0.